The predicted octanol–water partition coefficient (Wildman–Crippen LogP) is 3.57. The standard InChI is InChI=1S/C18H22N6S/c1-4-23-10-15(8-19-23)11-24-12-16(9-20-24)21-18(25)22-17-6-5-13(2)7-14(17)3/h5-10,12H,4,11H2,1-3H3,(H2,21,22,25). The van der Waals surface area contributed by atoms with Crippen molar-refractivity contribution in [1.82, 2.24) is 19.6 Å². The highest BCUT2D eigenvalue weighted by atomic mass is 32.1. The fraction of sp³-hybridized carbons (Fsp3) is 0.278. The van der Waals surface area contributed by atoms with Crippen LogP contribution in [0.4, 0.5) is 11.4 Å². The van der Waals surface area contributed by atoms with Crippen LogP contribution in [0.1, 0.15) is 23.6 Å². The molecule has 0 aliphatic carbocycles. The second kappa shape index (κ2) is 7.48. The highest BCUT2D eigenvalue weighted by Gasteiger charge is 2.05. The lowest BCUT2D eigenvalue weighted by Crippen LogP contribution is -2.19. The number of benzene rings is 1. The highest BCUT2D eigenvalue weighted by Crippen LogP contribution is 2.16. The van der Waals surface area contributed by atoms with E-state index in [9.17, 15) is 0 Å². The first-order chi connectivity index (χ1) is 12.0. The lowest BCUT2D eigenvalue weighted by Gasteiger charge is -2.11. The minimum Gasteiger partial charge on any atom is -0.332 e. The van der Waals surface area contributed by atoms with Crippen LogP contribution in [0, 0.1) is 13.8 Å². The molecule has 7 heteroatoms. The second-order valence-electron chi connectivity index (χ2n) is 6.03. The van der Waals surface area contributed by atoms with Crippen LogP contribution in [0.25, 0.3) is 0 Å². The Balaban J connectivity index is 1.59. The molecule has 0 saturated heterocycles. The van der Waals surface area contributed by atoms with Crippen molar-refractivity contribution in [3.63, 3.8) is 0 Å². The van der Waals surface area contributed by atoms with Gasteiger partial charge in [0.2, 0.25) is 0 Å². The van der Waals surface area contributed by atoms with E-state index in [0.29, 0.717) is 11.7 Å². The first-order valence-corrected chi connectivity index (χ1v) is 8.63. The topological polar surface area (TPSA) is 59.7 Å². The summed E-state index contributed by atoms with van der Waals surface area (Å²) in [7, 11) is 0. The third kappa shape index (κ3) is 4.45. The molecule has 3 aromatic rings. The van der Waals surface area contributed by atoms with Gasteiger partial charge < -0.3 is 10.6 Å². The molecule has 0 atom stereocenters. The molecule has 0 aliphatic heterocycles. The van der Waals surface area contributed by atoms with Gasteiger partial charge >= 0.3 is 0 Å². The summed E-state index contributed by atoms with van der Waals surface area (Å²) < 4.78 is 3.76. The van der Waals surface area contributed by atoms with Crippen molar-refractivity contribution in [2.24, 2.45) is 0 Å². The van der Waals surface area contributed by atoms with Crippen molar-refractivity contribution in [1.29, 1.82) is 0 Å². The van der Waals surface area contributed by atoms with E-state index in [1.165, 1.54) is 5.56 Å². The van der Waals surface area contributed by atoms with Crippen LogP contribution < -0.4 is 10.6 Å². The third-order valence-electron chi connectivity index (χ3n) is 3.88. The summed E-state index contributed by atoms with van der Waals surface area (Å²) in [4.78, 5) is 0. The van der Waals surface area contributed by atoms with Gasteiger partial charge in [0.1, 0.15) is 0 Å². The smallest absolute Gasteiger partial charge is 0.175 e. The summed E-state index contributed by atoms with van der Waals surface area (Å²) in [6.07, 6.45) is 7.59. The van der Waals surface area contributed by atoms with Crippen molar-refractivity contribution < 1.29 is 0 Å². The minimum atomic E-state index is 0.547. The van der Waals surface area contributed by atoms with Crippen molar-refractivity contribution in [2.45, 2.75) is 33.9 Å². The predicted molar refractivity (Wildman–Crippen MR) is 105 cm³/mol. The molecule has 0 radical (unpaired) electrons. The maximum Gasteiger partial charge on any atom is 0.175 e. The number of anilines is 2. The summed E-state index contributed by atoms with van der Waals surface area (Å²) >= 11 is 5.40. The molecule has 0 unspecified atom stereocenters. The summed E-state index contributed by atoms with van der Waals surface area (Å²) in [6, 6.07) is 6.22. The molecule has 0 saturated carbocycles. The monoisotopic (exact) mass is 354 g/mol. The quantitative estimate of drug-likeness (QED) is 0.686. The molecule has 0 bridgehead atoms. The summed E-state index contributed by atoms with van der Waals surface area (Å²) in [6.45, 7) is 7.75. The van der Waals surface area contributed by atoms with Crippen LogP contribution in [-0.2, 0) is 13.1 Å². The molecule has 0 fully saturated rings. The van der Waals surface area contributed by atoms with Crippen molar-refractivity contribution in [2.75, 3.05) is 10.6 Å². The number of hydrogen-bond donors (Lipinski definition) is 2. The molecular formula is C18H22N6S. The molecule has 6 nitrogen and oxygen atoms in total. The zero-order valence-electron chi connectivity index (χ0n) is 14.7. The molecule has 0 spiro atoms. The van der Waals surface area contributed by atoms with Crippen LogP contribution >= 0.6 is 12.2 Å². The Bertz CT molecular complexity index is 879. The molecular weight excluding hydrogens is 332 g/mol. The zero-order chi connectivity index (χ0) is 17.8. The van der Waals surface area contributed by atoms with E-state index in [0.717, 1.165) is 29.0 Å². The number of nitrogens with one attached hydrogen (secondary N) is 2. The summed E-state index contributed by atoms with van der Waals surface area (Å²) in [5, 5.41) is 15.6. The van der Waals surface area contributed by atoms with Crippen molar-refractivity contribution in [3.05, 3.63) is 59.7 Å². The Morgan fingerprint density at radius 1 is 1.08 bits per heavy atom. The molecule has 3 rings (SSSR count). The van der Waals surface area contributed by atoms with Gasteiger partial charge in [-0.15, -0.1) is 0 Å². The van der Waals surface area contributed by atoms with Gasteiger partial charge in [0.05, 0.1) is 24.6 Å². The molecule has 2 aromatic heterocycles. The Kier molecular flexibility index (Phi) is 5.14. The Labute approximate surface area is 152 Å². The maximum atomic E-state index is 5.40. The van der Waals surface area contributed by atoms with Crippen LogP contribution in [-0.4, -0.2) is 24.7 Å². The number of nitrogens with zero attached hydrogens (tertiary/aromatic N) is 4. The molecule has 2 N–H and O–H groups in total. The number of thiocarbonyl (C=S) groups is 1. The third-order valence-corrected chi connectivity index (χ3v) is 4.08. The van der Waals surface area contributed by atoms with Gasteiger partial charge in [0.15, 0.2) is 5.11 Å². The van der Waals surface area contributed by atoms with E-state index < -0.39 is 0 Å². The first kappa shape index (κ1) is 17.2. The Morgan fingerprint density at radius 3 is 2.60 bits per heavy atom. The van der Waals surface area contributed by atoms with E-state index in [1.54, 1.807) is 6.20 Å². The molecule has 25 heavy (non-hydrogen) atoms. The number of hydrogen-bond acceptors (Lipinski definition) is 3. The van der Waals surface area contributed by atoms with Gasteiger partial charge in [0.25, 0.3) is 0 Å². The first-order valence-electron chi connectivity index (χ1n) is 8.22. The van der Waals surface area contributed by atoms with Gasteiger partial charge in [-0.1, -0.05) is 17.7 Å². The van der Waals surface area contributed by atoms with Crippen LogP contribution in [0.15, 0.2) is 43.0 Å². The second-order valence-corrected chi connectivity index (χ2v) is 6.44. The molecule has 0 amide bonds. The molecule has 130 valence electrons. The number of rotatable bonds is 5. The van der Waals surface area contributed by atoms with E-state index >= 15 is 0 Å². The number of aryl methyl sites for hydroxylation is 3. The average Bonchev–Trinajstić information content (AvgIpc) is 3.20. The van der Waals surface area contributed by atoms with E-state index in [-0.39, 0.29) is 0 Å². The highest BCUT2D eigenvalue weighted by molar-refractivity contribution is 7.80. The normalized spacial score (nSPS) is 10.7. The van der Waals surface area contributed by atoms with Crippen LogP contribution in [0.5, 0.6) is 0 Å². The minimum absolute atomic E-state index is 0.547. The van der Waals surface area contributed by atoms with Gasteiger partial charge in [-0.05, 0) is 44.6 Å². The number of aromatic nitrogens is 4. The summed E-state index contributed by atoms with van der Waals surface area (Å²) in [5.41, 5.74) is 5.36. The van der Waals surface area contributed by atoms with E-state index in [2.05, 4.69) is 53.7 Å². The Hall–Kier alpha value is -2.67. The van der Waals surface area contributed by atoms with Gasteiger partial charge in [-0.3, -0.25) is 9.36 Å². The lowest BCUT2D eigenvalue weighted by molar-refractivity contribution is 0.654. The van der Waals surface area contributed by atoms with Gasteiger partial charge in [-0.2, -0.15) is 10.2 Å². The van der Waals surface area contributed by atoms with Crippen LogP contribution in [0.2, 0.25) is 0 Å². The SMILES string of the molecule is CCn1cc(Cn2cc(NC(=S)Nc3ccc(C)cc3C)cn2)cn1. The maximum absolute atomic E-state index is 5.40. The van der Waals surface area contributed by atoms with E-state index in [4.69, 9.17) is 12.2 Å². The van der Waals surface area contributed by atoms with Gasteiger partial charge in [0, 0.05) is 30.2 Å². The largest absolute Gasteiger partial charge is 0.332 e. The van der Waals surface area contributed by atoms with E-state index in [1.807, 2.05) is 34.0 Å². The zero-order valence-corrected chi connectivity index (χ0v) is 15.5. The summed E-state index contributed by atoms with van der Waals surface area (Å²) in [5.74, 6) is 0. The fourth-order valence-electron chi connectivity index (χ4n) is 2.60. The molecule has 1 aromatic carbocycles. The molecule has 2 heterocycles. The Morgan fingerprint density at radius 2 is 1.88 bits per heavy atom. The van der Waals surface area contributed by atoms with Crippen LogP contribution in [0.3, 0.4) is 0 Å². The van der Waals surface area contributed by atoms with Gasteiger partial charge in [-0.25, -0.2) is 0 Å². The van der Waals surface area contributed by atoms with Crippen molar-refractivity contribution in [3.8, 4) is 0 Å². The average molecular weight is 354 g/mol. The van der Waals surface area contributed by atoms with Crippen molar-refractivity contribution >= 4 is 28.7 Å². The fourth-order valence-corrected chi connectivity index (χ4v) is 2.83. The lowest BCUT2D eigenvalue weighted by atomic mass is 10.1. The molecule has 0 aliphatic rings.